The Balaban J connectivity index is 3.20. The van der Waals surface area contributed by atoms with Crippen molar-refractivity contribution in [2.45, 2.75) is 13.3 Å². The van der Waals surface area contributed by atoms with Crippen LogP contribution in [-0.2, 0) is 4.79 Å². The molecule has 0 aromatic heterocycles. The number of benzene rings is 1. The number of anilines is 1. The second kappa shape index (κ2) is 5.03. The number of nitro benzene ring substituents is 1. The molecule has 1 N–H and O–H groups in total. The van der Waals surface area contributed by atoms with Crippen molar-refractivity contribution in [2.75, 3.05) is 5.32 Å². The van der Waals surface area contributed by atoms with Gasteiger partial charge in [0.1, 0.15) is 6.42 Å². The third-order valence-electron chi connectivity index (χ3n) is 2.01. The number of nitrogens with zero attached hydrogens (tertiary/aromatic N) is 2. The molecule has 88 valence electrons. The Morgan fingerprint density at radius 2 is 2.29 bits per heavy atom. The number of carbonyl (C=O) groups is 1. The standard InChI is InChI=1S/C10H8FN3O3/c1-6-2-3-7(14(16)17)10(9(6)11)13-8(15)4-5-12/h2-3H,4H2,1H3,(H,13,15). The van der Waals surface area contributed by atoms with E-state index in [-0.39, 0.29) is 5.56 Å². The molecule has 1 rings (SSSR count). The van der Waals surface area contributed by atoms with Crippen LogP contribution in [0.3, 0.4) is 0 Å². The Bertz CT molecular complexity index is 522. The molecule has 0 saturated carbocycles. The number of rotatable bonds is 3. The fraction of sp³-hybridized carbons (Fsp3) is 0.200. The molecule has 0 heterocycles. The highest BCUT2D eigenvalue weighted by Gasteiger charge is 2.21. The number of halogens is 1. The molecule has 0 aliphatic rings. The number of carbonyl (C=O) groups excluding carboxylic acids is 1. The molecule has 0 atom stereocenters. The van der Waals surface area contributed by atoms with Crippen molar-refractivity contribution in [2.24, 2.45) is 0 Å². The average Bonchev–Trinajstić information content (AvgIpc) is 2.25. The van der Waals surface area contributed by atoms with Crippen LogP contribution >= 0.6 is 0 Å². The molecule has 0 spiro atoms. The monoisotopic (exact) mass is 237 g/mol. The molecule has 0 saturated heterocycles. The Hall–Kier alpha value is -2.49. The number of hydrogen-bond acceptors (Lipinski definition) is 4. The van der Waals surface area contributed by atoms with Crippen molar-refractivity contribution >= 4 is 17.3 Å². The highest BCUT2D eigenvalue weighted by atomic mass is 19.1. The zero-order valence-electron chi connectivity index (χ0n) is 8.86. The Kier molecular flexibility index (Phi) is 3.72. The Labute approximate surface area is 95.8 Å². The van der Waals surface area contributed by atoms with Crippen LogP contribution in [0.5, 0.6) is 0 Å². The maximum absolute atomic E-state index is 13.6. The van der Waals surface area contributed by atoms with Gasteiger partial charge in [-0.1, -0.05) is 0 Å². The first-order valence-corrected chi connectivity index (χ1v) is 4.57. The van der Waals surface area contributed by atoms with Gasteiger partial charge in [0.25, 0.3) is 5.69 Å². The summed E-state index contributed by atoms with van der Waals surface area (Å²) >= 11 is 0. The number of aryl methyl sites for hydroxylation is 1. The van der Waals surface area contributed by atoms with E-state index in [0.717, 1.165) is 6.07 Å². The topological polar surface area (TPSA) is 96.0 Å². The molecule has 0 aliphatic heterocycles. The minimum Gasteiger partial charge on any atom is -0.317 e. The zero-order chi connectivity index (χ0) is 13.0. The molecule has 0 aliphatic carbocycles. The van der Waals surface area contributed by atoms with Crippen molar-refractivity contribution in [3.05, 3.63) is 33.6 Å². The first-order chi connectivity index (χ1) is 7.97. The van der Waals surface area contributed by atoms with Gasteiger partial charge >= 0.3 is 0 Å². The fourth-order valence-corrected chi connectivity index (χ4v) is 1.20. The fourth-order valence-electron chi connectivity index (χ4n) is 1.20. The summed E-state index contributed by atoms with van der Waals surface area (Å²) in [5, 5.41) is 20.9. The van der Waals surface area contributed by atoms with Crippen molar-refractivity contribution in [1.82, 2.24) is 0 Å². The van der Waals surface area contributed by atoms with Crippen LogP contribution in [0.1, 0.15) is 12.0 Å². The molecule has 7 heteroatoms. The summed E-state index contributed by atoms with van der Waals surface area (Å²) in [6.07, 6.45) is -0.495. The first kappa shape index (κ1) is 12.6. The van der Waals surface area contributed by atoms with Crippen LogP contribution in [0.2, 0.25) is 0 Å². The molecule has 0 radical (unpaired) electrons. The number of amides is 1. The lowest BCUT2D eigenvalue weighted by molar-refractivity contribution is -0.384. The third kappa shape index (κ3) is 2.75. The third-order valence-corrected chi connectivity index (χ3v) is 2.01. The van der Waals surface area contributed by atoms with E-state index in [1.165, 1.54) is 13.0 Å². The number of nitro groups is 1. The SMILES string of the molecule is Cc1ccc([N+](=O)[O-])c(NC(=O)CC#N)c1F. The number of nitriles is 1. The Morgan fingerprint density at radius 1 is 1.65 bits per heavy atom. The molecule has 17 heavy (non-hydrogen) atoms. The van der Waals surface area contributed by atoms with E-state index in [1.807, 2.05) is 5.32 Å². The smallest absolute Gasteiger partial charge is 0.295 e. The van der Waals surface area contributed by atoms with Crippen LogP contribution in [0.4, 0.5) is 15.8 Å². The second-order valence-corrected chi connectivity index (χ2v) is 3.23. The van der Waals surface area contributed by atoms with Gasteiger partial charge in [-0.25, -0.2) is 4.39 Å². The predicted octanol–water partition coefficient (Wildman–Crippen LogP) is 1.89. The van der Waals surface area contributed by atoms with Gasteiger partial charge in [0.15, 0.2) is 11.5 Å². The lowest BCUT2D eigenvalue weighted by Gasteiger charge is -2.07. The van der Waals surface area contributed by atoms with E-state index in [2.05, 4.69) is 0 Å². The molecule has 1 amide bonds. The molecule has 1 aromatic rings. The minimum atomic E-state index is -0.870. The zero-order valence-corrected chi connectivity index (χ0v) is 8.86. The lowest BCUT2D eigenvalue weighted by Crippen LogP contribution is -2.13. The molecule has 0 fully saturated rings. The summed E-state index contributed by atoms with van der Waals surface area (Å²) in [4.78, 5) is 21.0. The molecule has 0 unspecified atom stereocenters. The van der Waals surface area contributed by atoms with E-state index in [4.69, 9.17) is 5.26 Å². The van der Waals surface area contributed by atoms with Crippen LogP contribution < -0.4 is 5.32 Å². The van der Waals surface area contributed by atoms with Crippen LogP contribution in [0.25, 0.3) is 0 Å². The molecule has 0 bridgehead atoms. The number of nitrogens with one attached hydrogen (secondary N) is 1. The lowest BCUT2D eigenvalue weighted by atomic mass is 10.1. The summed E-state index contributed by atoms with van der Waals surface area (Å²) in [5.74, 6) is -1.66. The van der Waals surface area contributed by atoms with E-state index in [9.17, 15) is 19.3 Å². The van der Waals surface area contributed by atoms with Crippen molar-refractivity contribution in [3.8, 4) is 6.07 Å². The summed E-state index contributed by atoms with van der Waals surface area (Å²) in [7, 11) is 0. The number of hydrogen-bond donors (Lipinski definition) is 1. The van der Waals surface area contributed by atoms with Crippen LogP contribution in [-0.4, -0.2) is 10.8 Å². The Morgan fingerprint density at radius 3 is 2.82 bits per heavy atom. The highest BCUT2D eigenvalue weighted by molar-refractivity contribution is 5.94. The van der Waals surface area contributed by atoms with Crippen molar-refractivity contribution < 1.29 is 14.1 Å². The largest absolute Gasteiger partial charge is 0.317 e. The normalized spacial score (nSPS) is 9.47. The summed E-state index contributed by atoms with van der Waals surface area (Å²) in [6, 6.07) is 3.91. The van der Waals surface area contributed by atoms with Gasteiger partial charge in [-0.15, -0.1) is 0 Å². The van der Waals surface area contributed by atoms with E-state index in [0.29, 0.717) is 0 Å². The van der Waals surface area contributed by atoms with Gasteiger partial charge < -0.3 is 5.32 Å². The highest BCUT2D eigenvalue weighted by Crippen LogP contribution is 2.29. The van der Waals surface area contributed by atoms with Gasteiger partial charge in [0.05, 0.1) is 11.0 Å². The van der Waals surface area contributed by atoms with Crippen LogP contribution in [0, 0.1) is 34.2 Å². The van der Waals surface area contributed by atoms with Crippen molar-refractivity contribution in [3.63, 3.8) is 0 Å². The van der Waals surface area contributed by atoms with E-state index < -0.39 is 34.4 Å². The maximum Gasteiger partial charge on any atom is 0.295 e. The summed E-state index contributed by atoms with van der Waals surface area (Å²) in [5.41, 5.74) is -0.877. The molecule has 6 nitrogen and oxygen atoms in total. The van der Waals surface area contributed by atoms with Crippen LogP contribution in [0.15, 0.2) is 12.1 Å². The van der Waals surface area contributed by atoms with E-state index in [1.54, 1.807) is 6.07 Å². The summed E-state index contributed by atoms with van der Waals surface area (Å²) < 4.78 is 13.6. The predicted molar refractivity (Wildman–Crippen MR) is 56.7 cm³/mol. The van der Waals surface area contributed by atoms with Crippen molar-refractivity contribution in [1.29, 1.82) is 5.26 Å². The van der Waals surface area contributed by atoms with Gasteiger partial charge in [-0.3, -0.25) is 14.9 Å². The molecule has 1 aromatic carbocycles. The van der Waals surface area contributed by atoms with Gasteiger partial charge in [-0.05, 0) is 18.6 Å². The van der Waals surface area contributed by atoms with E-state index >= 15 is 0 Å². The van der Waals surface area contributed by atoms with Gasteiger partial charge in [0, 0.05) is 6.07 Å². The van der Waals surface area contributed by atoms with Gasteiger partial charge in [0.2, 0.25) is 5.91 Å². The molecular formula is C10H8FN3O3. The van der Waals surface area contributed by atoms with Gasteiger partial charge in [-0.2, -0.15) is 5.26 Å². The first-order valence-electron chi connectivity index (χ1n) is 4.57. The second-order valence-electron chi connectivity index (χ2n) is 3.23. The summed E-state index contributed by atoms with van der Waals surface area (Å²) in [6.45, 7) is 1.42. The maximum atomic E-state index is 13.6. The molecular weight excluding hydrogens is 229 g/mol. The quantitative estimate of drug-likeness (QED) is 0.641. The average molecular weight is 237 g/mol. The minimum absolute atomic E-state index is 0.169.